The van der Waals surface area contributed by atoms with E-state index in [9.17, 15) is 28.0 Å². The minimum Gasteiger partial charge on any atom is -0.322 e. The van der Waals surface area contributed by atoms with Crippen LogP contribution in [0.2, 0.25) is 0 Å². The summed E-state index contributed by atoms with van der Waals surface area (Å²) in [5.41, 5.74) is 0.655. The largest absolute Gasteiger partial charge is 0.449 e. The number of aryl methyl sites for hydroxylation is 1. The van der Waals surface area contributed by atoms with Gasteiger partial charge in [-0.2, -0.15) is 23.7 Å². The summed E-state index contributed by atoms with van der Waals surface area (Å²) < 4.78 is 41.4. The summed E-state index contributed by atoms with van der Waals surface area (Å²) in [6.45, 7) is -0.00684. The van der Waals surface area contributed by atoms with Gasteiger partial charge < -0.3 is 9.47 Å². The Kier molecular flexibility index (Phi) is 5.88. The van der Waals surface area contributed by atoms with Gasteiger partial charge in [0.2, 0.25) is 5.82 Å². The number of pyridine rings is 1. The lowest BCUT2D eigenvalue weighted by Crippen LogP contribution is -2.62. The average molecular weight is 524 g/mol. The number of amides is 3. The van der Waals surface area contributed by atoms with E-state index in [-0.39, 0.29) is 29.7 Å². The first-order valence-electron chi connectivity index (χ1n) is 10.9. The molecule has 0 saturated carbocycles. The molecule has 2 unspecified atom stereocenters. The van der Waals surface area contributed by atoms with Crippen molar-refractivity contribution >= 4 is 45.3 Å². The summed E-state index contributed by atoms with van der Waals surface area (Å²) in [6, 6.07) is 9.44. The molecule has 37 heavy (non-hydrogen) atoms. The number of nitrogens with zero attached hydrogens (tertiary/aromatic N) is 7. The average Bonchev–Trinajstić information content (AvgIpc) is 3.46. The second-order valence-corrected chi connectivity index (χ2v) is 9.48. The van der Waals surface area contributed by atoms with Crippen molar-refractivity contribution in [2.45, 2.75) is 23.9 Å². The quantitative estimate of drug-likeness (QED) is 0.506. The number of fused-ring (bicyclic) bond motifs is 2. The van der Waals surface area contributed by atoms with Crippen LogP contribution in [0, 0.1) is 22.7 Å². The number of anilines is 1. The second-order valence-electron chi connectivity index (χ2n) is 8.29. The molecule has 4 heterocycles. The van der Waals surface area contributed by atoms with Gasteiger partial charge in [-0.05, 0) is 12.1 Å². The summed E-state index contributed by atoms with van der Waals surface area (Å²) in [5, 5.41) is 17.8. The lowest BCUT2D eigenvalue weighted by molar-refractivity contribution is -0.146. The van der Waals surface area contributed by atoms with E-state index in [4.69, 9.17) is 5.26 Å². The maximum atomic E-state index is 13.7. The summed E-state index contributed by atoms with van der Waals surface area (Å²) in [5.74, 6) is -1.84. The molecule has 2 atom stereocenters. The van der Waals surface area contributed by atoms with Gasteiger partial charge >= 0.3 is 12.2 Å². The van der Waals surface area contributed by atoms with Crippen molar-refractivity contribution in [3.63, 3.8) is 0 Å². The maximum absolute atomic E-state index is 13.7. The van der Waals surface area contributed by atoms with E-state index >= 15 is 0 Å². The topological polar surface area (TPSA) is 119 Å². The molecule has 1 fully saturated rings. The number of imidazole rings is 1. The fourth-order valence-electron chi connectivity index (χ4n) is 4.57. The van der Waals surface area contributed by atoms with Crippen molar-refractivity contribution < 1.29 is 22.8 Å². The van der Waals surface area contributed by atoms with Crippen LogP contribution in [-0.4, -0.2) is 49.2 Å². The van der Waals surface area contributed by atoms with Gasteiger partial charge in [0.15, 0.2) is 0 Å². The van der Waals surface area contributed by atoms with Gasteiger partial charge in [-0.3, -0.25) is 9.78 Å². The Morgan fingerprint density at radius 3 is 2.62 bits per heavy atom. The first-order valence-corrected chi connectivity index (χ1v) is 11.8. The monoisotopic (exact) mass is 523 g/mol. The highest BCUT2D eigenvalue weighted by Crippen LogP contribution is 2.46. The Morgan fingerprint density at radius 2 is 1.92 bits per heavy atom. The standard InChI is InChI=1S/C24H16F3N7O2S/c1-32-19-15(31-22(32)24(25,26)27)11-30-12-17(19)34-21(35)20-16(33(23(34)36)8-4-7-28)9-18(37-20)14-6-3-2-5-13(14)10-29/h2-3,5-6,9,11-12,16,20H,4,8H2,1H3. The smallest absolute Gasteiger partial charge is 0.322 e. The number of hydrogen-bond acceptors (Lipinski definition) is 7. The molecule has 186 valence electrons. The summed E-state index contributed by atoms with van der Waals surface area (Å²) >= 11 is 1.16. The van der Waals surface area contributed by atoms with Gasteiger partial charge in [-0.15, -0.1) is 11.8 Å². The number of alkyl halides is 3. The van der Waals surface area contributed by atoms with Crippen molar-refractivity contribution in [3.05, 3.63) is 59.7 Å². The van der Waals surface area contributed by atoms with Crippen molar-refractivity contribution in [1.82, 2.24) is 19.4 Å². The zero-order chi connectivity index (χ0) is 26.5. The highest BCUT2D eigenvalue weighted by Gasteiger charge is 2.50. The number of rotatable bonds is 4. The molecular weight excluding hydrogens is 507 g/mol. The molecule has 0 bridgehead atoms. The number of nitriles is 2. The van der Waals surface area contributed by atoms with E-state index in [1.165, 1.54) is 4.90 Å². The van der Waals surface area contributed by atoms with E-state index in [0.29, 0.717) is 16.0 Å². The zero-order valence-corrected chi connectivity index (χ0v) is 19.9. The van der Waals surface area contributed by atoms with Crippen LogP contribution in [-0.2, 0) is 18.0 Å². The molecule has 1 saturated heterocycles. The third-order valence-electron chi connectivity index (χ3n) is 6.18. The second kappa shape index (κ2) is 8.94. The van der Waals surface area contributed by atoms with Crippen LogP contribution >= 0.6 is 11.8 Å². The van der Waals surface area contributed by atoms with Gasteiger partial charge in [0.1, 0.15) is 10.8 Å². The number of carbonyl (C=O) groups excluding carboxylic acids is 2. The molecule has 0 aliphatic carbocycles. The first-order chi connectivity index (χ1) is 17.7. The van der Waals surface area contributed by atoms with E-state index in [2.05, 4.69) is 16.0 Å². The molecule has 0 spiro atoms. The van der Waals surface area contributed by atoms with Crippen LogP contribution in [0.25, 0.3) is 15.9 Å². The normalized spacial score (nSPS) is 19.6. The predicted octanol–water partition coefficient (Wildman–Crippen LogP) is 4.07. The number of halogens is 3. The number of urea groups is 1. The van der Waals surface area contributed by atoms with Crippen LogP contribution in [0.15, 0.2) is 42.7 Å². The van der Waals surface area contributed by atoms with Crippen molar-refractivity contribution in [2.24, 2.45) is 7.05 Å². The number of imide groups is 1. The van der Waals surface area contributed by atoms with Gasteiger partial charge in [0.25, 0.3) is 5.91 Å². The molecule has 13 heteroatoms. The lowest BCUT2D eigenvalue weighted by Gasteiger charge is -2.40. The van der Waals surface area contributed by atoms with Crippen molar-refractivity contribution in [3.8, 4) is 12.1 Å². The van der Waals surface area contributed by atoms with E-state index in [1.54, 1.807) is 30.3 Å². The Morgan fingerprint density at radius 1 is 1.16 bits per heavy atom. The van der Waals surface area contributed by atoms with Crippen molar-refractivity contribution in [1.29, 1.82) is 10.5 Å². The number of carbonyl (C=O) groups is 2. The summed E-state index contributed by atoms with van der Waals surface area (Å²) in [4.78, 5) is 37.7. The van der Waals surface area contributed by atoms with Crippen LogP contribution in [0.1, 0.15) is 23.4 Å². The molecule has 1 aromatic carbocycles. The zero-order valence-electron chi connectivity index (χ0n) is 19.1. The molecule has 0 N–H and O–H groups in total. The van der Waals surface area contributed by atoms with Crippen LogP contribution in [0.3, 0.4) is 0 Å². The molecule has 3 aromatic rings. The molecule has 0 radical (unpaired) electrons. The minimum atomic E-state index is -4.76. The Balaban J connectivity index is 1.62. The lowest BCUT2D eigenvalue weighted by atomic mass is 10.0. The fraction of sp³-hybridized carbons (Fsp3) is 0.250. The Hall–Kier alpha value is -4.36. The predicted molar refractivity (Wildman–Crippen MR) is 128 cm³/mol. The molecular formula is C24H16F3N7O2S. The van der Waals surface area contributed by atoms with Crippen LogP contribution in [0.4, 0.5) is 23.7 Å². The minimum absolute atomic E-state index is 0.00684. The number of aromatic nitrogens is 3. The summed E-state index contributed by atoms with van der Waals surface area (Å²) in [7, 11) is 1.15. The molecule has 9 nitrogen and oxygen atoms in total. The highest BCUT2D eigenvalue weighted by atomic mass is 32.2. The van der Waals surface area contributed by atoms with Gasteiger partial charge in [0.05, 0.1) is 53.8 Å². The number of hydrogen-bond donors (Lipinski definition) is 0. The van der Waals surface area contributed by atoms with Crippen molar-refractivity contribution in [2.75, 3.05) is 11.4 Å². The van der Waals surface area contributed by atoms with E-state index in [1.807, 2.05) is 6.07 Å². The molecule has 2 aliphatic rings. The van der Waals surface area contributed by atoms with Gasteiger partial charge in [0, 0.05) is 24.1 Å². The third-order valence-corrected chi connectivity index (χ3v) is 7.52. The molecule has 2 aromatic heterocycles. The van der Waals surface area contributed by atoms with Crippen LogP contribution in [0.5, 0.6) is 0 Å². The van der Waals surface area contributed by atoms with E-state index in [0.717, 1.165) is 40.7 Å². The third kappa shape index (κ3) is 3.88. The Labute approximate surface area is 212 Å². The SMILES string of the molecule is Cn1c(C(F)(F)F)nc2cncc(N3C(=O)C4SC(c5ccccc5C#N)=CC4N(CCC#N)C3=O)c21. The van der Waals surface area contributed by atoms with Crippen LogP contribution < -0.4 is 4.90 Å². The Bertz CT molecular complexity index is 1570. The highest BCUT2D eigenvalue weighted by molar-refractivity contribution is 8.09. The molecule has 3 amide bonds. The number of benzene rings is 1. The van der Waals surface area contributed by atoms with E-state index < -0.39 is 35.2 Å². The molecule has 5 rings (SSSR count). The first kappa shape index (κ1) is 24.3. The maximum Gasteiger partial charge on any atom is 0.449 e. The van der Waals surface area contributed by atoms with Gasteiger partial charge in [-0.25, -0.2) is 14.7 Å². The van der Waals surface area contributed by atoms with Gasteiger partial charge in [-0.1, -0.05) is 18.2 Å². The molecule has 2 aliphatic heterocycles. The fourth-order valence-corrected chi connectivity index (χ4v) is 5.94. The number of thioether (sulfide) groups is 1. The summed E-state index contributed by atoms with van der Waals surface area (Å²) in [6.07, 6.45) is -0.778.